The van der Waals surface area contributed by atoms with Gasteiger partial charge in [0.15, 0.2) is 0 Å². The molecule has 4 rings (SSSR count). The third-order valence-corrected chi connectivity index (χ3v) is 5.82. The van der Waals surface area contributed by atoms with Gasteiger partial charge in [-0.1, -0.05) is 60.4 Å². The van der Waals surface area contributed by atoms with Crippen LogP contribution in [0.2, 0.25) is 0 Å². The van der Waals surface area contributed by atoms with Gasteiger partial charge in [-0.25, -0.2) is 4.98 Å². The Morgan fingerprint density at radius 3 is 2.61 bits per heavy atom. The lowest BCUT2D eigenvalue weighted by molar-refractivity contribution is -0.121. The Morgan fingerprint density at radius 2 is 1.89 bits per heavy atom. The molecule has 0 atom stereocenters. The number of thiocarbonyl (C=S) groups is 1. The highest BCUT2D eigenvalue weighted by atomic mass is 32.2. The van der Waals surface area contributed by atoms with Crippen molar-refractivity contribution in [1.82, 2.24) is 14.3 Å². The van der Waals surface area contributed by atoms with E-state index >= 15 is 0 Å². The van der Waals surface area contributed by atoms with Crippen LogP contribution in [0.15, 0.2) is 64.4 Å². The molecule has 1 aliphatic rings. The van der Waals surface area contributed by atoms with E-state index < -0.39 is 0 Å². The van der Waals surface area contributed by atoms with Crippen molar-refractivity contribution in [3.05, 3.63) is 81.1 Å². The molecule has 1 saturated heterocycles. The van der Waals surface area contributed by atoms with Crippen LogP contribution in [0.1, 0.15) is 11.1 Å². The quantitative estimate of drug-likeness (QED) is 0.529. The molecule has 0 aliphatic carbocycles. The average Bonchev–Trinajstić information content (AvgIpc) is 2.96. The number of hydrogen-bond acceptors (Lipinski definition) is 6. The summed E-state index contributed by atoms with van der Waals surface area (Å²) in [5.74, 6) is 0.211. The van der Waals surface area contributed by atoms with Gasteiger partial charge in [0.25, 0.3) is 11.5 Å². The number of nitrogens with one attached hydrogen (secondary N) is 1. The van der Waals surface area contributed by atoms with Gasteiger partial charge in [-0.2, -0.15) is 0 Å². The SMILES string of the molecule is CN1C(=O)C(=Cc2c(NCc3ccccc3)nc3ccccn3c2=O)SC1=S. The van der Waals surface area contributed by atoms with Gasteiger partial charge < -0.3 is 5.32 Å². The molecule has 0 saturated carbocycles. The van der Waals surface area contributed by atoms with Crippen molar-refractivity contribution in [1.29, 1.82) is 0 Å². The zero-order valence-electron chi connectivity index (χ0n) is 15.0. The molecule has 8 heteroatoms. The monoisotopic (exact) mass is 408 g/mol. The summed E-state index contributed by atoms with van der Waals surface area (Å²) < 4.78 is 1.93. The van der Waals surface area contributed by atoms with Gasteiger partial charge in [-0.15, -0.1) is 0 Å². The molecule has 28 heavy (non-hydrogen) atoms. The average molecular weight is 409 g/mol. The lowest BCUT2D eigenvalue weighted by Crippen LogP contribution is -2.23. The Kier molecular flexibility index (Phi) is 4.97. The van der Waals surface area contributed by atoms with Crippen molar-refractivity contribution in [2.75, 3.05) is 12.4 Å². The minimum absolute atomic E-state index is 0.221. The second-order valence-corrected chi connectivity index (χ2v) is 7.86. The third-order valence-electron chi connectivity index (χ3n) is 4.33. The van der Waals surface area contributed by atoms with Gasteiger partial charge >= 0.3 is 0 Å². The summed E-state index contributed by atoms with van der Waals surface area (Å²) in [5.41, 5.74) is 1.67. The molecule has 3 aromatic rings. The first-order chi connectivity index (χ1) is 13.5. The Labute approximate surface area is 170 Å². The summed E-state index contributed by atoms with van der Waals surface area (Å²) >= 11 is 6.36. The van der Waals surface area contributed by atoms with E-state index in [2.05, 4.69) is 10.3 Å². The van der Waals surface area contributed by atoms with E-state index in [-0.39, 0.29) is 11.5 Å². The summed E-state index contributed by atoms with van der Waals surface area (Å²) in [4.78, 5) is 31.9. The number of rotatable bonds is 4. The third kappa shape index (κ3) is 3.44. The molecule has 140 valence electrons. The van der Waals surface area contributed by atoms with Crippen LogP contribution in [0, 0.1) is 0 Å². The van der Waals surface area contributed by atoms with E-state index in [9.17, 15) is 9.59 Å². The molecule has 0 spiro atoms. The van der Waals surface area contributed by atoms with E-state index in [4.69, 9.17) is 12.2 Å². The molecule has 3 heterocycles. The Morgan fingerprint density at radius 1 is 1.14 bits per heavy atom. The Hall–Kier alpha value is -2.97. The number of aromatic nitrogens is 2. The van der Waals surface area contributed by atoms with Crippen LogP contribution in [-0.4, -0.2) is 31.6 Å². The minimum atomic E-state index is -0.248. The van der Waals surface area contributed by atoms with Crippen LogP contribution in [0.5, 0.6) is 0 Å². The molecular formula is C20H16N4O2S2. The maximum atomic E-state index is 13.1. The fraction of sp³-hybridized carbons (Fsp3) is 0.100. The highest BCUT2D eigenvalue weighted by Crippen LogP contribution is 2.31. The summed E-state index contributed by atoms with van der Waals surface area (Å²) in [6, 6.07) is 15.2. The van der Waals surface area contributed by atoms with Gasteiger partial charge in [0.2, 0.25) is 0 Å². The topological polar surface area (TPSA) is 66.7 Å². The van der Waals surface area contributed by atoms with Crippen molar-refractivity contribution in [2.24, 2.45) is 0 Å². The number of anilines is 1. The zero-order valence-corrected chi connectivity index (χ0v) is 16.6. The molecule has 1 aliphatic heterocycles. The highest BCUT2D eigenvalue weighted by molar-refractivity contribution is 8.26. The van der Waals surface area contributed by atoms with Crippen molar-refractivity contribution in [3.63, 3.8) is 0 Å². The number of carbonyl (C=O) groups excluding carboxylic acids is 1. The normalized spacial score (nSPS) is 15.6. The van der Waals surface area contributed by atoms with Gasteiger partial charge in [0.1, 0.15) is 15.8 Å². The fourth-order valence-corrected chi connectivity index (χ4v) is 3.99. The van der Waals surface area contributed by atoms with Gasteiger partial charge in [-0.05, 0) is 23.8 Å². The van der Waals surface area contributed by atoms with Crippen LogP contribution < -0.4 is 10.9 Å². The van der Waals surface area contributed by atoms with E-state index in [1.54, 1.807) is 31.5 Å². The molecule has 0 bridgehead atoms. The van der Waals surface area contributed by atoms with Crippen LogP contribution in [0.3, 0.4) is 0 Å². The predicted molar refractivity (Wildman–Crippen MR) is 116 cm³/mol. The summed E-state index contributed by atoms with van der Waals surface area (Å²) in [6.07, 6.45) is 3.24. The van der Waals surface area contributed by atoms with Crippen LogP contribution in [0.4, 0.5) is 5.82 Å². The standard InChI is InChI=1S/C20H16N4O2S2/c1-23-19(26)15(28-20(23)27)11-14-17(21-12-13-7-3-2-4-8-13)22-16-9-5-6-10-24(16)18(14)25/h2-11,21H,12H2,1H3. The lowest BCUT2D eigenvalue weighted by Gasteiger charge is -2.11. The van der Waals surface area contributed by atoms with E-state index in [1.165, 1.54) is 21.1 Å². The van der Waals surface area contributed by atoms with Crippen molar-refractivity contribution < 1.29 is 4.79 Å². The number of carbonyl (C=O) groups is 1. The van der Waals surface area contributed by atoms with Gasteiger partial charge in [0, 0.05) is 19.8 Å². The molecule has 1 aromatic carbocycles. The van der Waals surface area contributed by atoms with Crippen LogP contribution >= 0.6 is 24.0 Å². The first-order valence-electron chi connectivity index (χ1n) is 8.55. The van der Waals surface area contributed by atoms with E-state index in [0.717, 1.165) is 5.56 Å². The van der Waals surface area contributed by atoms with Crippen LogP contribution in [-0.2, 0) is 11.3 Å². The molecule has 1 amide bonds. The number of amides is 1. The molecule has 1 N–H and O–H groups in total. The number of likely N-dealkylation sites (N-methyl/N-ethyl adjacent to an activating group) is 1. The largest absolute Gasteiger partial charge is 0.365 e. The number of nitrogens with zero attached hydrogens (tertiary/aromatic N) is 3. The van der Waals surface area contributed by atoms with Crippen molar-refractivity contribution >= 4 is 51.7 Å². The van der Waals surface area contributed by atoms with Crippen molar-refractivity contribution in [2.45, 2.75) is 6.54 Å². The minimum Gasteiger partial charge on any atom is -0.365 e. The number of thioether (sulfide) groups is 1. The smallest absolute Gasteiger partial charge is 0.267 e. The molecule has 2 aromatic heterocycles. The second kappa shape index (κ2) is 7.57. The maximum absolute atomic E-state index is 13.1. The van der Waals surface area contributed by atoms with E-state index in [1.807, 2.05) is 36.4 Å². The number of pyridine rings is 1. The van der Waals surface area contributed by atoms with Gasteiger partial charge in [-0.3, -0.25) is 18.9 Å². The predicted octanol–water partition coefficient (Wildman–Crippen LogP) is 3.14. The first-order valence-corrected chi connectivity index (χ1v) is 9.78. The Balaban J connectivity index is 1.81. The highest BCUT2D eigenvalue weighted by Gasteiger charge is 2.29. The molecule has 0 unspecified atom stereocenters. The summed E-state index contributed by atoms with van der Waals surface area (Å²) in [7, 11) is 1.62. The summed E-state index contributed by atoms with van der Waals surface area (Å²) in [5, 5.41) is 3.24. The van der Waals surface area contributed by atoms with E-state index in [0.29, 0.717) is 32.8 Å². The molecular weight excluding hydrogens is 392 g/mol. The number of benzene rings is 1. The number of fused-ring (bicyclic) bond motifs is 1. The van der Waals surface area contributed by atoms with Crippen LogP contribution in [0.25, 0.3) is 11.7 Å². The second-order valence-electron chi connectivity index (χ2n) is 6.19. The lowest BCUT2D eigenvalue weighted by atomic mass is 10.2. The zero-order chi connectivity index (χ0) is 19.7. The van der Waals surface area contributed by atoms with Crippen molar-refractivity contribution in [3.8, 4) is 0 Å². The molecule has 6 nitrogen and oxygen atoms in total. The van der Waals surface area contributed by atoms with Gasteiger partial charge in [0.05, 0.1) is 10.5 Å². The number of hydrogen-bond donors (Lipinski definition) is 1. The maximum Gasteiger partial charge on any atom is 0.267 e. The molecule has 1 fully saturated rings. The first kappa shape index (κ1) is 18.4. The Bertz CT molecular complexity index is 1170. The summed E-state index contributed by atoms with van der Waals surface area (Å²) in [6.45, 7) is 0.506. The molecule has 0 radical (unpaired) electrons. The fourth-order valence-electron chi connectivity index (χ4n) is 2.83.